The summed E-state index contributed by atoms with van der Waals surface area (Å²) in [6.07, 6.45) is 2.90. The van der Waals surface area contributed by atoms with E-state index in [9.17, 15) is 9.59 Å². The van der Waals surface area contributed by atoms with E-state index in [0.29, 0.717) is 17.1 Å². The number of rotatable bonds is 6. The van der Waals surface area contributed by atoms with Crippen molar-refractivity contribution in [2.24, 2.45) is 0 Å². The summed E-state index contributed by atoms with van der Waals surface area (Å²) in [5.74, 6) is -0.490. The summed E-state index contributed by atoms with van der Waals surface area (Å²) in [6.45, 7) is 0.955. The van der Waals surface area contributed by atoms with Gasteiger partial charge in [-0.2, -0.15) is 0 Å². The Bertz CT molecular complexity index is 770. The number of nitrogens with one attached hydrogen (secondary N) is 1. The molecule has 0 bridgehead atoms. The zero-order chi connectivity index (χ0) is 17.8. The fraction of sp³-hybridized carbons (Fsp3) is 0.368. The van der Waals surface area contributed by atoms with Crippen LogP contribution in [0.4, 0.5) is 5.00 Å². The lowest BCUT2D eigenvalue weighted by atomic mass is 10.1. The third-order valence-corrected chi connectivity index (χ3v) is 5.48. The second kappa shape index (κ2) is 7.80. The Kier molecular flexibility index (Phi) is 5.50. The number of carbonyl (C=O) groups is 2. The van der Waals surface area contributed by atoms with E-state index < -0.39 is 0 Å². The van der Waals surface area contributed by atoms with Gasteiger partial charge in [0.1, 0.15) is 5.00 Å². The van der Waals surface area contributed by atoms with Gasteiger partial charge in [0.2, 0.25) is 5.91 Å². The Balaban J connectivity index is 1.66. The summed E-state index contributed by atoms with van der Waals surface area (Å²) in [4.78, 5) is 27.7. The smallest absolute Gasteiger partial charge is 0.341 e. The molecule has 1 heterocycles. The Labute approximate surface area is 151 Å². The molecule has 1 aromatic heterocycles. The van der Waals surface area contributed by atoms with Gasteiger partial charge in [0.15, 0.2) is 0 Å². The van der Waals surface area contributed by atoms with Crippen molar-refractivity contribution in [2.75, 3.05) is 26.0 Å². The Morgan fingerprint density at radius 1 is 1.24 bits per heavy atom. The topological polar surface area (TPSA) is 58.6 Å². The molecule has 0 fully saturated rings. The summed E-state index contributed by atoms with van der Waals surface area (Å²) in [7, 11) is 3.28. The monoisotopic (exact) mass is 358 g/mol. The van der Waals surface area contributed by atoms with Gasteiger partial charge < -0.3 is 10.1 Å². The van der Waals surface area contributed by atoms with Crippen LogP contribution in [0.3, 0.4) is 0 Å². The molecule has 0 spiro atoms. The van der Waals surface area contributed by atoms with Gasteiger partial charge in [0.05, 0.1) is 19.2 Å². The van der Waals surface area contributed by atoms with Crippen molar-refractivity contribution < 1.29 is 14.3 Å². The number of likely N-dealkylation sites (N-methyl/N-ethyl adjacent to an activating group) is 1. The lowest BCUT2D eigenvalue weighted by Crippen LogP contribution is -2.30. The van der Waals surface area contributed by atoms with Crippen LogP contribution in [0.2, 0.25) is 0 Å². The number of hydrogen-bond acceptors (Lipinski definition) is 5. The molecule has 0 unspecified atom stereocenters. The molecule has 1 aliphatic carbocycles. The van der Waals surface area contributed by atoms with Crippen LogP contribution in [0.25, 0.3) is 0 Å². The average molecular weight is 358 g/mol. The van der Waals surface area contributed by atoms with Crippen LogP contribution in [0, 0.1) is 0 Å². The summed E-state index contributed by atoms with van der Waals surface area (Å²) < 4.78 is 4.91. The first kappa shape index (κ1) is 17.6. The number of amides is 1. The second-order valence-corrected chi connectivity index (χ2v) is 7.36. The lowest BCUT2D eigenvalue weighted by molar-refractivity contribution is -0.117. The molecule has 1 aliphatic rings. The first-order valence-corrected chi connectivity index (χ1v) is 9.15. The number of thiophene rings is 1. The van der Waals surface area contributed by atoms with Gasteiger partial charge in [0, 0.05) is 11.4 Å². The summed E-state index contributed by atoms with van der Waals surface area (Å²) in [6, 6.07) is 10.0. The normalized spacial score (nSPS) is 12.9. The number of fused-ring (bicyclic) bond motifs is 1. The summed E-state index contributed by atoms with van der Waals surface area (Å²) >= 11 is 1.50. The number of nitrogens with zero attached hydrogens (tertiary/aromatic N) is 1. The molecule has 0 saturated heterocycles. The number of ether oxygens (including phenoxy) is 1. The molecule has 3 rings (SSSR count). The number of hydrogen-bond donors (Lipinski definition) is 1. The highest BCUT2D eigenvalue weighted by molar-refractivity contribution is 7.17. The van der Waals surface area contributed by atoms with Crippen molar-refractivity contribution in [1.29, 1.82) is 0 Å². The van der Waals surface area contributed by atoms with Crippen molar-refractivity contribution in [3.63, 3.8) is 0 Å². The molecule has 0 saturated carbocycles. The molecular formula is C19H22N2O3S. The zero-order valence-corrected chi connectivity index (χ0v) is 15.3. The molecule has 2 aromatic rings. The minimum Gasteiger partial charge on any atom is -0.465 e. The van der Waals surface area contributed by atoms with Crippen molar-refractivity contribution >= 4 is 28.2 Å². The standard InChI is InChI=1S/C19H22N2O3S/c1-21(11-13-7-4-3-5-8-13)12-16(22)20-18-17(19(23)24-2)14-9-6-10-15(14)25-18/h3-5,7-8H,6,9-12H2,1-2H3,(H,20,22). The molecule has 0 aliphatic heterocycles. The Morgan fingerprint density at radius 2 is 2.00 bits per heavy atom. The molecule has 0 radical (unpaired) electrons. The van der Waals surface area contributed by atoms with E-state index in [2.05, 4.69) is 5.32 Å². The molecule has 6 heteroatoms. The maximum Gasteiger partial charge on any atom is 0.341 e. The number of methoxy groups -OCH3 is 1. The van der Waals surface area contributed by atoms with Crippen molar-refractivity contribution in [3.05, 3.63) is 51.9 Å². The van der Waals surface area contributed by atoms with Gasteiger partial charge in [-0.05, 0) is 37.4 Å². The van der Waals surface area contributed by atoms with E-state index in [4.69, 9.17) is 4.74 Å². The van der Waals surface area contributed by atoms with Crippen LogP contribution in [0.5, 0.6) is 0 Å². The van der Waals surface area contributed by atoms with Crippen molar-refractivity contribution in [2.45, 2.75) is 25.8 Å². The van der Waals surface area contributed by atoms with E-state index in [0.717, 1.165) is 30.4 Å². The molecule has 1 N–H and O–H groups in total. The zero-order valence-electron chi connectivity index (χ0n) is 14.5. The predicted molar refractivity (Wildman–Crippen MR) is 99.1 cm³/mol. The molecule has 1 aromatic carbocycles. The van der Waals surface area contributed by atoms with Crippen LogP contribution in [-0.4, -0.2) is 37.5 Å². The van der Waals surface area contributed by atoms with Crippen LogP contribution < -0.4 is 5.32 Å². The summed E-state index contributed by atoms with van der Waals surface area (Å²) in [5.41, 5.74) is 2.74. The highest BCUT2D eigenvalue weighted by Crippen LogP contribution is 2.39. The van der Waals surface area contributed by atoms with Crippen LogP contribution in [0.1, 0.15) is 32.8 Å². The fourth-order valence-electron chi connectivity index (χ4n) is 3.17. The van der Waals surface area contributed by atoms with Gasteiger partial charge in [-0.25, -0.2) is 4.79 Å². The van der Waals surface area contributed by atoms with Gasteiger partial charge >= 0.3 is 5.97 Å². The van der Waals surface area contributed by atoms with Crippen molar-refractivity contribution in [3.8, 4) is 0 Å². The minimum atomic E-state index is -0.368. The van der Waals surface area contributed by atoms with E-state index in [1.807, 2.05) is 42.3 Å². The minimum absolute atomic E-state index is 0.122. The van der Waals surface area contributed by atoms with E-state index in [-0.39, 0.29) is 18.4 Å². The first-order chi connectivity index (χ1) is 12.1. The number of anilines is 1. The molecule has 0 atom stereocenters. The lowest BCUT2D eigenvalue weighted by Gasteiger charge is -2.16. The SMILES string of the molecule is COC(=O)c1c(NC(=O)CN(C)Cc2ccccc2)sc2c1CCC2. The predicted octanol–water partition coefficient (Wildman–Crippen LogP) is 3.09. The van der Waals surface area contributed by atoms with Gasteiger partial charge in [0.25, 0.3) is 0 Å². The highest BCUT2D eigenvalue weighted by atomic mass is 32.1. The van der Waals surface area contributed by atoms with Gasteiger partial charge in [-0.1, -0.05) is 30.3 Å². The highest BCUT2D eigenvalue weighted by Gasteiger charge is 2.28. The quantitative estimate of drug-likeness (QED) is 0.806. The third kappa shape index (κ3) is 4.08. The Morgan fingerprint density at radius 3 is 2.72 bits per heavy atom. The van der Waals surface area contributed by atoms with E-state index in [1.165, 1.54) is 23.3 Å². The average Bonchev–Trinajstić information content (AvgIpc) is 3.15. The molecule has 132 valence electrons. The van der Waals surface area contributed by atoms with Crippen LogP contribution >= 0.6 is 11.3 Å². The van der Waals surface area contributed by atoms with Crippen LogP contribution in [-0.2, 0) is 28.9 Å². The molecule has 1 amide bonds. The number of aryl methyl sites for hydroxylation is 1. The van der Waals surface area contributed by atoms with Crippen molar-refractivity contribution in [1.82, 2.24) is 4.90 Å². The first-order valence-electron chi connectivity index (χ1n) is 8.33. The number of esters is 1. The number of carbonyl (C=O) groups excluding carboxylic acids is 2. The maximum atomic E-state index is 12.4. The number of benzene rings is 1. The molecular weight excluding hydrogens is 336 g/mol. The maximum absolute atomic E-state index is 12.4. The Hall–Kier alpha value is -2.18. The molecule has 5 nitrogen and oxygen atoms in total. The van der Waals surface area contributed by atoms with Crippen LogP contribution in [0.15, 0.2) is 30.3 Å². The van der Waals surface area contributed by atoms with Gasteiger partial charge in [-0.15, -0.1) is 11.3 Å². The second-order valence-electron chi connectivity index (χ2n) is 6.26. The largest absolute Gasteiger partial charge is 0.465 e. The molecule has 25 heavy (non-hydrogen) atoms. The third-order valence-electron chi connectivity index (χ3n) is 4.27. The van der Waals surface area contributed by atoms with Gasteiger partial charge in [-0.3, -0.25) is 9.69 Å². The fourth-order valence-corrected chi connectivity index (χ4v) is 4.47. The summed E-state index contributed by atoms with van der Waals surface area (Å²) in [5, 5.41) is 3.53. The van der Waals surface area contributed by atoms with E-state index >= 15 is 0 Å². The van der Waals surface area contributed by atoms with E-state index in [1.54, 1.807) is 0 Å².